The molecule has 1 aromatic carbocycles. The number of nitrogens with zero attached hydrogens (tertiary/aromatic N) is 6. The van der Waals surface area contributed by atoms with Crippen LogP contribution in [0, 0.1) is 12.7 Å². The molecule has 1 aliphatic rings. The number of carbonyl (C=O) groups excluding carboxylic acids is 1. The molecule has 9 heteroatoms. The van der Waals surface area contributed by atoms with E-state index in [1.807, 2.05) is 23.8 Å². The topological polar surface area (TPSA) is 90.5 Å². The summed E-state index contributed by atoms with van der Waals surface area (Å²) in [5, 5.41) is 11.4. The van der Waals surface area contributed by atoms with Crippen LogP contribution >= 0.6 is 0 Å². The van der Waals surface area contributed by atoms with E-state index in [0.717, 1.165) is 30.8 Å². The van der Waals surface area contributed by atoms with E-state index < -0.39 is 11.7 Å². The second kappa shape index (κ2) is 8.96. The molecule has 0 spiro atoms. The van der Waals surface area contributed by atoms with Gasteiger partial charge >= 0.3 is 0 Å². The maximum atomic E-state index is 14.9. The van der Waals surface area contributed by atoms with E-state index in [-0.39, 0.29) is 11.0 Å². The number of hydrogen-bond donors (Lipinski definition) is 1. The van der Waals surface area contributed by atoms with Crippen molar-refractivity contribution in [3.05, 3.63) is 71.3 Å². The van der Waals surface area contributed by atoms with E-state index in [4.69, 9.17) is 0 Å². The summed E-state index contributed by atoms with van der Waals surface area (Å²) >= 11 is 0. The van der Waals surface area contributed by atoms with Crippen LogP contribution in [0.2, 0.25) is 0 Å². The van der Waals surface area contributed by atoms with Crippen LogP contribution in [-0.2, 0) is 11.8 Å². The van der Waals surface area contributed by atoms with E-state index in [0.29, 0.717) is 34.6 Å². The highest BCUT2D eigenvalue weighted by Gasteiger charge is 2.27. The first-order chi connectivity index (χ1) is 17.2. The summed E-state index contributed by atoms with van der Waals surface area (Å²) in [5.74, 6) is 0.787. The van der Waals surface area contributed by atoms with E-state index in [9.17, 15) is 9.18 Å². The van der Waals surface area contributed by atoms with E-state index in [2.05, 4.69) is 57.7 Å². The normalized spacial score (nSPS) is 15.2. The third-order valence-electron chi connectivity index (χ3n) is 6.68. The van der Waals surface area contributed by atoms with Crippen molar-refractivity contribution in [1.82, 2.24) is 29.3 Å². The van der Waals surface area contributed by atoms with Gasteiger partial charge in [-0.05, 0) is 49.6 Å². The molecular formula is C27H30FN7O. The van der Waals surface area contributed by atoms with Crippen LogP contribution in [0.15, 0.2) is 42.9 Å². The summed E-state index contributed by atoms with van der Waals surface area (Å²) < 4.78 is 18.9. The zero-order valence-corrected chi connectivity index (χ0v) is 21.2. The summed E-state index contributed by atoms with van der Waals surface area (Å²) in [6, 6.07) is 8.58. The Kier molecular flexibility index (Phi) is 5.94. The zero-order chi connectivity index (χ0) is 25.6. The number of carbonyl (C=O) groups is 1. The summed E-state index contributed by atoms with van der Waals surface area (Å²) in [5.41, 5.74) is 2.72. The van der Waals surface area contributed by atoms with Crippen LogP contribution < -0.4 is 5.32 Å². The molecule has 0 fully saturated rings. The number of aromatic nitrogens is 6. The molecule has 0 radical (unpaired) electrons. The Bertz CT molecular complexity index is 1450. The van der Waals surface area contributed by atoms with Gasteiger partial charge < -0.3 is 14.5 Å². The molecule has 8 nitrogen and oxygen atoms in total. The molecule has 0 saturated carbocycles. The Morgan fingerprint density at radius 3 is 2.75 bits per heavy atom. The minimum atomic E-state index is -0.595. The highest BCUT2D eigenvalue weighted by Crippen LogP contribution is 2.32. The van der Waals surface area contributed by atoms with Crippen LogP contribution in [0.25, 0.3) is 17.2 Å². The summed E-state index contributed by atoms with van der Waals surface area (Å²) in [4.78, 5) is 22.2. The van der Waals surface area contributed by atoms with Crippen molar-refractivity contribution < 1.29 is 9.18 Å². The quantitative estimate of drug-likeness (QED) is 0.406. The number of fused-ring (bicyclic) bond motifs is 1. The van der Waals surface area contributed by atoms with E-state index in [1.165, 1.54) is 6.07 Å². The van der Waals surface area contributed by atoms with Gasteiger partial charge in [0.2, 0.25) is 0 Å². The fourth-order valence-electron chi connectivity index (χ4n) is 4.63. The molecule has 5 rings (SSSR count). The first-order valence-electron chi connectivity index (χ1n) is 12.2. The molecule has 1 aliphatic heterocycles. The number of anilines is 1. The average molecular weight is 488 g/mol. The van der Waals surface area contributed by atoms with Gasteiger partial charge in [0.15, 0.2) is 5.82 Å². The molecule has 1 atom stereocenters. The first-order valence-corrected chi connectivity index (χ1v) is 12.2. The van der Waals surface area contributed by atoms with Crippen molar-refractivity contribution in [2.24, 2.45) is 0 Å². The van der Waals surface area contributed by atoms with Gasteiger partial charge in [0, 0.05) is 24.1 Å². The van der Waals surface area contributed by atoms with Crippen LogP contribution in [0.3, 0.4) is 0 Å². The van der Waals surface area contributed by atoms with E-state index >= 15 is 0 Å². The fourth-order valence-corrected chi connectivity index (χ4v) is 4.63. The molecule has 4 aromatic rings. The second-order valence-corrected chi connectivity index (χ2v) is 10.3. The number of pyridine rings is 1. The maximum Gasteiger partial charge on any atom is 0.259 e. The number of benzene rings is 1. The standard InChI is InChI=1S/C27H30FN7O/c1-6-17-10-11-24-32-33-25(35(17)24)20-8-7-9-23(30-20)31-26(36)18-13-21(16(2)12-19(18)28)34-14-22(29-15-34)27(3,4)5/h7-9,12-15,17H,6,10-11H2,1-5H3,(H,30,31,36)/t17-/m1/s1. The second-order valence-electron chi connectivity index (χ2n) is 10.3. The number of halogens is 1. The van der Waals surface area contributed by atoms with Gasteiger partial charge in [-0.1, -0.05) is 33.8 Å². The van der Waals surface area contributed by atoms with Gasteiger partial charge in [-0.15, -0.1) is 10.2 Å². The molecular weight excluding hydrogens is 457 g/mol. The predicted molar refractivity (Wildman–Crippen MR) is 136 cm³/mol. The average Bonchev–Trinajstić information content (AvgIpc) is 3.55. The van der Waals surface area contributed by atoms with Gasteiger partial charge in [-0.3, -0.25) is 4.79 Å². The molecule has 0 aliphatic carbocycles. The molecule has 4 heterocycles. The molecule has 186 valence electrons. The van der Waals surface area contributed by atoms with Crippen LogP contribution in [0.5, 0.6) is 0 Å². The molecule has 0 bridgehead atoms. The van der Waals surface area contributed by atoms with Crippen molar-refractivity contribution in [3.8, 4) is 17.2 Å². The molecule has 36 heavy (non-hydrogen) atoms. The smallest absolute Gasteiger partial charge is 0.259 e. The number of rotatable bonds is 5. The number of imidazole rings is 1. The zero-order valence-electron chi connectivity index (χ0n) is 21.2. The molecule has 1 amide bonds. The fraction of sp³-hybridized carbons (Fsp3) is 0.370. The molecule has 0 unspecified atom stereocenters. The summed E-state index contributed by atoms with van der Waals surface area (Å²) in [6.45, 7) is 10.2. The number of aryl methyl sites for hydroxylation is 2. The van der Waals surface area contributed by atoms with E-state index in [1.54, 1.807) is 24.5 Å². The Morgan fingerprint density at radius 1 is 1.22 bits per heavy atom. The highest BCUT2D eigenvalue weighted by atomic mass is 19.1. The van der Waals surface area contributed by atoms with Gasteiger partial charge in [0.25, 0.3) is 5.91 Å². The van der Waals surface area contributed by atoms with Gasteiger partial charge in [0.05, 0.1) is 23.3 Å². The van der Waals surface area contributed by atoms with Crippen LogP contribution in [0.4, 0.5) is 10.2 Å². The third kappa shape index (κ3) is 4.29. The minimum absolute atomic E-state index is 0.0665. The monoisotopic (exact) mass is 487 g/mol. The molecule has 0 saturated heterocycles. The summed E-state index contributed by atoms with van der Waals surface area (Å²) in [7, 11) is 0. The first kappa shape index (κ1) is 23.8. The third-order valence-corrected chi connectivity index (χ3v) is 6.68. The lowest BCUT2D eigenvalue weighted by molar-refractivity contribution is 0.102. The SMILES string of the molecule is CC[C@@H]1CCc2nnc(-c3cccc(NC(=O)c4cc(-n5cnc(C(C)(C)C)c5)c(C)cc4F)n3)n21. The van der Waals surface area contributed by atoms with Crippen molar-refractivity contribution in [1.29, 1.82) is 0 Å². The Hall–Kier alpha value is -3.88. The number of hydrogen-bond acceptors (Lipinski definition) is 5. The number of amides is 1. The summed E-state index contributed by atoms with van der Waals surface area (Å²) in [6.07, 6.45) is 6.51. The van der Waals surface area contributed by atoms with Crippen LogP contribution in [0.1, 0.15) is 74.0 Å². The van der Waals surface area contributed by atoms with Crippen molar-refractivity contribution in [2.45, 2.75) is 65.3 Å². The maximum absolute atomic E-state index is 14.9. The lowest BCUT2D eigenvalue weighted by atomic mass is 9.93. The molecule has 1 N–H and O–H groups in total. The lowest BCUT2D eigenvalue weighted by Gasteiger charge is -2.15. The lowest BCUT2D eigenvalue weighted by Crippen LogP contribution is -2.16. The number of nitrogens with one attached hydrogen (secondary N) is 1. The molecule has 3 aromatic heterocycles. The van der Waals surface area contributed by atoms with Gasteiger partial charge in [-0.2, -0.15) is 0 Å². The Morgan fingerprint density at radius 2 is 2.03 bits per heavy atom. The van der Waals surface area contributed by atoms with Crippen LogP contribution in [-0.4, -0.2) is 35.2 Å². The predicted octanol–water partition coefficient (Wildman–Crippen LogP) is 5.42. The highest BCUT2D eigenvalue weighted by molar-refractivity contribution is 6.04. The largest absolute Gasteiger partial charge is 0.307 e. The minimum Gasteiger partial charge on any atom is -0.307 e. The van der Waals surface area contributed by atoms with Gasteiger partial charge in [0.1, 0.15) is 23.2 Å². The van der Waals surface area contributed by atoms with Crippen molar-refractivity contribution in [2.75, 3.05) is 5.32 Å². The Balaban J connectivity index is 1.43. The van der Waals surface area contributed by atoms with Crippen molar-refractivity contribution in [3.63, 3.8) is 0 Å². The Labute approximate surface area is 209 Å². The van der Waals surface area contributed by atoms with Gasteiger partial charge in [-0.25, -0.2) is 14.4 Å². The van der Waals surface area contributed by atoms with Crippen molar-refractivity contribution >= 4 is 11.7 Å².